The monoisotopic (exact) mass is 517 g/mol. The molecule has 196 valence electrons. The minimum absolute atomic E-state index is 0.0288. The van der Waals surface area contributed by atoms with E-state index in [9.17, 15) is 13.2 Å². The van der Waals surface area contributed by atoms with E-state index in [0.29, 0.717) is 50.5 Å². The maximum Gasteiger partial charge on any atom is 0.419 e. The molecule has 0 unspecified atom stereocenters. The van der Waals surface area contributed by atoms with E-state index in [1.165, 1.54) is 12.1 Å². The summed E-state index contributed by atoms with van der Waals surface area (Å²) in [6.07, 6.45) is -2.05. The number of nitrogens with two attached hydrogens (primary N) is 1. The molecule has 1 saturated heterocycles. The number of aromatic nitrogens is 2. The minimum Gasteiger partial charge on any atom is -0.493 e. The summed E-state index contributed by atoms with van der Waals surface area (Å²) in [6.45, 7) is 1.67. The summed E-state index contributed by atoms with van der Waals surface area (Å²) in [5.74, 6) is 1.23. The number of likely N-dealkylation sites (tertiary alicyclic amines) is 1. The highest BCUT2D eigenvalue weighted by Crippen LogP contribution is 2.39. The number of hydrogen-bond acceptors (Lipinski definition) is 7. The first-order valence-corrected chi connectivity index (χ1v) is 12.0. The van der Waals surface area contributed by atoms with Crippen LogP contribution in [0.2, 0.25) is 0 Å². The first kappa shape index (κ1) is 24.7. The molecule has 1 fully saturated rings. The van der Waals surface area contributed by atoms with Crippen LogP contribution in [0.3, 0.4) is 0 Å². The highest BCUT2D eigenvalue weighted by Gasteiger charge is 2.36. The summed E-state index contributed by atoms with van der Waals surface area (Å²) in [6, 6.07) is 8.96. The number of alkyl halides is 3. The van der Waals surface area contributed by atoms with Crippen LogP contribution in [-0.2, 0) is 12.6 Å². The Labute approximate surface area is 210 Å². The van der Waals surface area contributed by atoms with Crippen LogP contribution in [0.4, 0.5) is 13.2 Å². The van der Waals surface area contributed by atoms with Crippen LogP contribution in [-0.4, -0.2) is 47.4 Å². The lowest BCUT2D eigenvalue weighted by atomic mass is 10.1. The number of aryl methyl sites for hydroxylation is 1. The molecule has 2 aromatic carbocycles. The molecular weight excluding hydrogens is 491 g/mol. The van der Waals surface area contributed by atoms with Gasteiger partial charge in [0.2, 0.25) is 11.7 Å². The molecule has 3 aromatic rings. The molecule has 0 bridgehead atoms. The van der Waals surface area contributed by atoms with E-state index < -0.39 is 11.7 Å². The zero-order valence-corrected chi connectivity index (χ0v) is 19.9. The highest BCUT2D eigenvalue weighted by atomic mass is 19.4. The summed E-state index contributed by atoms with van der Waals surface area (Å²) in [5.41, 5.74) is 5.83. The predicted octanol–water partition coefficient (Wildman–Crippen LogP) is 4.57. The van der Waals surface area contributed by atoms with E-state index in [4.69, 9.17) is 29.9 Å². The van der Waals surface area contributed by atoms with Crippen molar-refractivity contribution in [3.05, 3.63) is 53.4 Å². The largest absolute Gasteiger partial charge is 0.493 e. The van der Waals surface area contributed by atoms with Gasteiger partial charge in [0.25, 0.3) is 0 Å². The van der Waals surface area contributed by atoms with Crippen molar-refractivity contribution in [2.75, 3.05) is 26.4 Å². The topological polar surface area (TPSA) is 120 Å². The first-order chi connectivity index (χ1) is 17.8. The van der Waals surface area contributed by atoms with Crippen molar-refractivity contribution in [3.63, 3.8) is 0 Å². The first-order valence-electron chi connectivity index (χ1n) is 12.0. The summed E-state index contributed by atoms with van der Waals surface area (Å²) < 4.78 is 63.5. The molecule has 5 rings (SSSR count). The fraction of sp³-hybridized carbons (Fsp3) is 0.400. The van der Waals surface area contributed by atoms with Gasteiger partial charge in [0.05, 0.1) is 12.2 Å². The van der Waals surface area contributed by atoms with Gasteiger partial charge in [-0.15, -0.1) is 0 Å². The van der Waals surface area contributed by atoms with Gasteiger partial charge >= 0.3 is 6.18 Å². The van der Waals surface area contributed by atoms with E-state index in [1.54, 1.807) is 4.90 Å². The molecule has 0 spiro atoms. The zero-order valence-electron chi connectivity index (χ0n) is 19.9. The van der Waals surface area contributed by atoms with Gasteiger partial charge in [-0.2, -0.15) is 18.2 Å². The second-order valence-electron chi connectivity index (χ2n) is 8.83. The normalized spacial score (nSPS) is 17.2. The van der Waals surface area contributed by atoms with E-state index in [-0.39, 0.29) is 41.6 Å². The second kappa shape index (κ2) is 10.2. The molecule has 2 aliphatic heterocycles. The molecule has 0 aliphatic carbocycles. The van der Waals surface area contributed by atoms with Crippen molar-refractivity contribution >= 4 is 5.96 Å². The molecular formula is C25H26F3N5O4. The SMILES string of the molecule is N=C(N)N1CCC[C@H]1c1nc(-c2ccc(OCCCc3ccc4c(c3)OCCO4)c(C(F)(F)F)c2)no1. The molecule has 1 atom stereocenters. The lowest BCUT2D eigenvalue weighted by Gasteiger charge is -2.21. The third kappa shape index (κ3) is 5.42. The van der Waals surface area contributed by atoms with Gasteiger partial charge in [-0.1, -0.05) is 11.2 Å². The van der Waals surface area contributed by atoms with Crippen LogP contribution in [0.1, 0.15) is 42.3 Å². The van der Waals surface area contributed by atoms with Crippen LogP contribution in [0.25, 0.3) is 11.4 Å². The Morgan fingerprint density at radius 3 is 2.73 bits per heavy atom. The summed E-state index contributed by atoms with van der Waals surface area (Å²) in [4.78, 5) is 5.91. The van der Waals surface area contributed by atoms with Gasteiger partial charge in [0.1, 0.15) is 25.0 Å². The highest BCUT2D eigenvalue weighted by molar-refractivity contribution is 5.75. The fourth-order valence-corrected chi connectivity index (χ4v) is 4.52. The van der Waals surface area contributed by atoms with Crippen LogP contribution in [0.5, 0.6) is 17.2 Å². The number of fused-ring (bicyclic) bond motifs is 1. The number of guanidine groups is 1. The maximum absolute atomic E-state index is 13.9. The second-order valence-corrected chi connectivity index (χ2v) is 8.83. The average molecular weight is 518 g/mol. The molecule has 37 heavy (non-hydrogen) atoms. The lowest BCUT2D eigenvalue weighted by Crippen LogP contribution is -2.35. The van der Waals surface area contributed by atoms with Gasteiger partial charge in [0, 0.05) is 12.1 Å². The molecule has 3 heterocycles. The fourth-order valence-electron chi connectivity index (χ4n) is 4.52. The standard InChI is InChI=1S/C25H26F3N5O4/c26-25(27,28)17-14-16(22-31-23(37-32-22)18-4-1-9-33(18)24(29)30)6-8-19(17)34-10-2-3-15-5-7-20-21(13-15)36-12-11-35-20/h5-8,13-14,18H,1-4,9-12H2,(H3,29,30)/t18-/m0/s1. The molecule has 12 heteroatoms. The van der Waals surface area contributed by atoms with Crippen molar-refractivity contribution in [2.24, 2.45) is 5.73 Å². The van der Waals surface area contributed by atoms with Crippen molar-refractivity contribution in [1.82, 2.24) is 15.0 Å². The van der Waals surface area contributed by atoms with Crippen molar-refractivity contribution < 1.29 is 31.9 Å². The van der Waals surface area contributed by atoms with Crippen LogP contribution in [0.15, 0.2) is 40.9 Å². The summed E-state index contributed by atoms with van der Waals surface area (Å²) >= 11 is 0. The molecule has 9 nitrogen and oxygen atoms in total. The zero-order chi connectivity index (χ0) is 26.0. The quantitative estimate of drug-likeness (QED) is 0.266. The molecule has 0 amide bonds. The predicted molar refractivity (Wildman–Crippen MR) is 127 cm³/mol. The van der Waals surface area contributed by atoms with Gasteiger partial charge in [0.15, 0.2) is 17.5 Å². The smallest absolute Gasteiger partial charge is 0.419 e. The van der Waals surface area contributed by atoms with E-state index in [2.05, 4.69) is 10.1 Å². The van der Waals surface area contributed by atoms with E-state index in [0.717, 1.165) is 18.1 Å². The Bertz CT molecular complexity index is 1280. The third-order valence-corrected chi connectivity index (χ3v) is 6.31. The Morgan fingerprint density at radius 1 is 1.14 bits per heavy atom. The van der Waals surface area contributed by atoms with Crippen molar-refractivity contribution in [1.29, 1.82) is 5.41 Å². The van der Waals surface area contributed by atoms with Gasteiger partial charge in [-0.25, -0.2) is 0 Å². The lowest BCUT2D eigenvalue weighted by molar-refractivity contribution is -0.138. The Morgan fingerprint density at radius 2 is 1.95 bits per heavy atom. The van der Waals surface area contributed by atoms with Crippen LogP contribution in [0, 0.1) is 5.41 Å². The molecule has 0 saturated carbocycles. The molecule has 3 N–H and O–H groups in total. The summed E-state index contributed by atoms with van der Waals surface area (Å²) in [7, 11) is 0. The number of rotatable bonds is 7. The van der Waals surface area contributed by atoms with Crippen molar-refractivity contribution in [2.45, 2.75) is 37.9 Å². The minimum atomic E-state index is -4.63. The maximum atomic E-state index is 13.9. The average Bonchev–Trinajstić information content (AvgIpc) is 3.56. The van der Waals surface area contributed by atoms with Gasteiger partial charge in [-0.05, 0) is 61.6 Å². The Hall–Kier alpha value is -3.96. The molecule has 0 radical (unpaired) electrons. The number of ether oxygens (including phenoxy) is 3. The Kier molecular flexibility index (Phi) is 6.81. The number of hydrogen-bond donors (Lipinski definition) is 2. The van der Waals surface area contributed by atoms with Gasteiger partial charge in [-0.3, -0.25) is 5.41 Å². The van der Waals surface area contributed by atoms with Crippen molar-refractivity contribution in [3.8, 4) is 28.6 Å². The number of nitrogens with one attached hydrogen (secondary N) is 1. The summed E-state index contributed by atoms with van der Waals surface area (Å²) in [5, 5.41) is 11.5. The third-order valence-electron chi connectivity index (χ3n) is 6.31. The molecule has 2 aliphatic rings. The van der Waals surface area contributed by atoms with E-state index in [1.807, 2.05) is 18.2 Å². The van der Waals surface area contributed by atoms with Crippen LogP contribution < -0.4 is 19.9 Å². The number of halogens is 3. The van der Waals surface area contributed by atoms with Crippen LogP contribution >= 0.6 is 0 Å². The number of benzene rings is 2. The van der Waals surface area contributed by atoms with Gasteiger partial charge < -0.3 is 29.4 Å². The van der Waals surface area contributed by atoms with E-state index >= 15 is 0 Å². The molecule has 1 aromatic heterocycles. The Balaban J connectivity index is 1.26. The number of nitrogens with zero attached hydrogens (tertiary/aromatic N) is 3.